The van der Waals surface area contributed by atoms with Crippen LogP contribution in [-0.4, -0.2) is 15.5 Å². The highest BCUT2D eigenvalue weighted by molar-refractivity contribution is 7.18. The van der Waals surface area contributed by atoms with Crippen LogP contribution in [0.15, 0.2) is 29.3 Å². The first-order chi connectivity index (χ1) is 12.5. The molecule has 0 atom stereocenters. The number of thiophene rings is 1. The second-order valence-corrected chi connectivity index (χ2v) is 8.02. The molecule has 5 nitrogen and oxygen atoms in total. The quantitative estimate of drug-likeness (QED) is 0.769. The lowest BCUT2D eigenvalue weighted by Gasteiger charge is -2.11. The van der Waals surface area contributed by atoms with Crippen LogP contribution in [0.3, 0.4) is 0 Å². The fourth-order valence-corrected chi connectivity index (χ4v) is 4.81. The van der Waals surface area contributed by atoms with Crippen LogP contribution in [0.2, 0.25) is 0 Å². The van der Waals surface area contributed by atoms with E-state index in [9.17, 15) is 9.59 Å². The first-order valence-corrected chi connectivity index (χ1v) is 9.71. The van der Waals surface area contributed by atoms with Crippen molar-refractivity contribution < 1.29 is 4.79 Å². The van der Waals surface area contributed by atoms with E-state index in [0.29, 0.717) is 5.39 Å². The van der Waals surface area contributed by atoms with Gasteiger partial charge in [0.2, 0.25) is 5.91 Å². The molecule has 0 bridgehead atoms. The fourth-order valence-electron chi connectivity index (χ4n) is 3.59. The Hall–Kier alpha value is -2.47. The highest BCUT2D eigenvalue weighted by Crippen LogP contribution is 2.33. The Bertz CT molecular complexity index is 1060. The maximum atomic E-state index is 12.9. The summed E-state index contributed by atoms with van der Waals surface area (Å²) in [6, 6.07) is 5.87. The van der Waals surface area contributed by atoms with Gasteiger partial charge in [-0.25, -0.2) is 4.98 Å². The van der Waals surface area contributed by atoms with E-state index in [4.69, 9.17) is 0 Å². The summed E-state index contributed by atoms with van der Waals surface area (Å²) in [5.74, 6) is -0.218. The highest BCUT2D eigenvalue weighted by atomic mass is 32.1. The summed E-state index contributed by atoms with van der Waals surface area (Å²) >= 11 is 1.62. The van der Waals surface area contributed by atoms with Crippen LogP contribution in [-0.2, 0) is 24.2 Å². The van der Waals surface area contributed by atoms with E-state index in [-0.39, 0.29) is 18.0 Å². The molecule has 1 aliphatic rings. The number of rotatable bonds is 3. The number of amides is 1. The first-order valence-electron chi connectivity index (χ1n) is 8.90. The van der Waals surface area contributed by atoms with Gasteiger partial charge in [-0.05, 0) is 56.7 Å². The van der Waals surface area contributed by atoms with Crippen LogP contribution in [0, 0.1) is 13.8 Å². The van der Waals surface area contributed by atoms with Crippen LogP contribution < -0.4 is 10.9 Å². The molecule has 0 aliphatic heterocycles. The summed E-state index contributed by atoms with van der Waals surface area (Å²) in [6.45, 7) is 3.94. The highest BCUT2D eigenvalue weighted by Gasteiger charge is 2.20. The molecule has 0 saturated carbocycles. The summed E-state index contributed by atoms with van der Waals surface area (Å²) < 4.78 is 1.42. The SMILES string of the molecule is Cc1ccc(NC(=O)Cn2cnc3sc4c(c3c2=O)CCCC4)c(C)c1. The Morgan fingerprint density at radius 3 is 2.88 bits per heavy atom. The van der Waals surface area contributed by atoms with Crippen molar-refractivity contribution >= 4 is 33.1 Å². The van der Waals surface area contributed by atoms with Gasteiger partial charge in [-0.15, -0.1) is 11.3 Å². The van der Waals surface area contributed by atoms with Crippen molar-refractivity contribution in [3.05, 3.63) is 56.4 Å². The first kappa shape index (κ1) is 17.0. The molecule has 1 amide bonds. The van der Waals surface area contributed by atoms with Crippen molar-refractivity contribution in [3.8, 4) is 0 Å². The number of nitrogens with one attached hydrogen (secondary N) is 1. The molecule has 0 spiro atoms. The van der Waals surface area contributed by atoms with Crippen molar-refractivity contribution in [2.75, 3.05) is 5.32 Å². The molecule has 0 saturated heterocycles. The second-order valence-electron chi connectivity index (χ2n) is 6.94. The summed E-state index contributed by atoms with van der Waals surface area (Å²) in [5, 5.41) is 3.61. The molecule has 1 aromatic carbocycles. The monoisotopic (exact) mass is 367 g/mol. The zero-order valence-corrected chi connectivity index (χ0v) is 15.8. The van der Waals surface area contributed by atoms with Crippen LogP contribution in [0.25, 0.3) is 10.2 Å². The molecule has 3 aromatic rings. The molecule has 2 heterocycles. The van der Waals surface area contributed by atoms with E-state index < -0.39 is 0 Å². The van der Waals surface area contributed by atoms with Gasteiger partial charge < -0.3 is 5.32 Å². The van der Waals surface area contributed by atoms with Crippen LogP contribution in [0.1, 0.15) is 34.4 Å². The van der Waals surface area contributed by atoms with Crippen molar-refractivity contribution in [2.45, 2.75) is 46.1 Å². The third-order valence-electron chi connectivity index (χ3n) is 4.91. The largest absolute Gasteiger partial charge is 0.324 e. The molecule has 0 fully saturated rings. The second kappa shape index (κ2) is 6.68. The van der Waals surface area contributed by atoms with E-state index in [0.717, 1.165) is 46.5 Å². The van der Waals surface area contributed by atoms with Crippen molar-refractivity contribution in [3.63, 3.8) is 0 Å². The normalized spacial score (nSPS) is 13.6. The molecule has 0 unspecified atom stereocenters. The number of aryl methyl sites for hydroxylation is 4. The standard InChI is InChI=1S/C20H21N3O2S/c1-12-7-8-15(13(2)9-12)22-17(24)10-23-11-21-19-18(20(23)25)14-5-3-4-6-16(14)26-19/h7-9,11H,3-6,10H2,1-2H3,(H,22,24). The molecule has 4 rings (SSSR count). The van der Waals surface area contributed by atoms with Gasteiger partial charge >= 0.3 is 0 Å². The van der Waals surface area contributed by atoms with Gasteiger partial charge in [0.15, 0.2) is 0 Å². The van der Waals surface area contributed by atoms with Gasteiger partial charge in [-0.1, -0.05) is 17.7 Å². The lowest BCUT2D eigenvalue weighted by Crippen LogP contribution is -2.28. The predicted molar refractivity (Wildman–Crippen MR) is 105 cm³/mol. The average Bonchev–Trinajstić information content (AvgIpc) is 2.99. The maximum absolute atomic E-state index is 12.9. The Balaban J connectivity index is 1.61. The van der Waals surface area contributed by atoms with Crippen LogP contribution in [0.5, 0.6) is 0 Å². The van der Waals surface area contributed by atoms with Gasteiger partial charge in [-0.3, -0.25) is 14.2 Å². The van der Waals surface area contributed by atoms with E-state index in [1.807, 2.05) is 32.0 Å². The minimum absolute atomic E-state index is 0.0281. The maximum Gasteiger partial charge on any atom is 0.262 e. The van der Waals surface area contributed by atoms with E-state index >= 15 is 0 Å². The molecule has 134 valence electrons. The van der Waals surface area contributed by atoms with Gasteiger partial charge in [-0.2, -0.15) is 0 Å². The zero-order chi connectivity index (χ0) is 18.3. The summed E-state index contributed by atoms with van der Waals surface area (Å²) in [7, 11) is 0. The number of nitrogens with zero attached hydrogens (tertiary/aromatic N) is 2. The molecule has 6 heteroatoms. The predicted octanol–water partition coefficient (Wildman–Crippen LogP) is 3.59. The zero-order valence-electron chi connectivity index (χ0n) is 15.0. The van der Waals surface area contributed by atoms with Crippen LogP contribution in [0.4, 0.5) is 5.69 Å². The number of aromatic nitrogens is 2. The molecule has 1 aliphatic carbocycles. The lowest BCUT2D eigenvalue weighted by molar-refractivity contribution is -0.116. The Labute approximate surface area is 155 Å². The Kier molecular flexibility index (Phi) is 4.36. The smallest absolute Gasteiger partial charge is 0.262 e. The van der Waals surface area contributed by atoms with Crippen molar-refractivity contribution in [2.24, 2.45) is 0 Å². The number of anilines is 1. The summed E-state index contributed by atoms with van der Waals surface area (Å²) in [5.41, 5.74) is 3.97. The molecule has 1 N–H and O–H groups in total. The topological polar surface area (TPSA) is 64.0 Å². The van der Waals surface area contributed by atoms with E-state index in [1.165, 1.54) is 22.2 Å². The number of benzene rings is 1. The molecular weight excluding hydrogens is 346 g/mol. The van der Waals surface area contributed by atoms with E-state index in [1.54, 1.807) is 11.3 Å². The van der Waals surface area contributed by atoms with Crippen molar-refractivity contribution in [1.29, 1.82) is 0 Å². The minimum Gasteiger partial charge on any atom is -0.324 e. The molecule has 26 heavy (non-hydrogen) atoms. The van der Waals surface area contributed by atoms with Crippen molar-refractivity contribution in [1.82, 2.24) is 9.55 Å². The average molecular weight is 367 g/mol. The number of carbonyl (C=O) groups is 1. The molecular formula is C20H21N3O2S. The minimum atomic E-state index is -0.218. The number of hydrogen-bond donors (Lipinski definition) is 1. The third kappa shape index (κ3) is 3.05. The Morgan fingerprint density at radius 2 is 2.08 bits per heavy atom. The van der Waals surface area contributed by atoms with E-state index in [2.05, 4.69) is 10.3 Å². The lowest BCUT2D eigenvalue weighted by atomic mass is 9.97. The number of fused-ring (bicyclic) bond motifs is 3. The number of hydrogen-bond acceptors (Lipinski definition) is 4. The van der Waals surface area contributed by atoms with Crippen LogP contribution >= 0.6 is 11.3 Å². The summed E-state index contributed by atoms with van der Waals surface area (Å²) in [6.07, 6.45) is 5.74. The fraction of sp³-hybridized carbons (Fsp3) is 0.350. The van der Waals surface area contributed by atoms with Gasteiger partial charge in [0.25, 0.3) is 5.56 Å². The van der Waals surface area contributed by atoms with Gasteiger partial charge in [0, 0.05) is 10.6 Å². The molecule has 2 aromatic heterocycles. The molecule has 0 radical (unpaired) electrons. The van der Waals surface area contributed by atoms with Gasteiger partial charge in [0.1, 0.15) is 11.4 Å². The van der Waals surface area contributed by atoms with Gasteiger partial charge in [0.05, 0.1) is 11.7 Å². The third-order valence-corrected chi connectivity index (χ3v) is 6.11. The number of carbonyl (C=O) groups excluding carboxylic acids is 1. The Morgan fingerprint density at radius 1 is 1.27 bits per heavy atom. The summed E-state index contributed by atoms with van der Waals surface area (Å²) in [4.78, 5) is 31.9.